The maximum absolute atomic E-state index is 5.65. The van der Waals surface area contributed by atoms with Crippen molar-refractivity contribution in [2.75, 3.05) is 5.73 Å². The Morgan fingerprint density at radius 3 is 2.62 bits per heavy atom. The van der Waals surface area contributed by atoms with E-state index in [0.717, 1.165) is 11.3 Å². The Balaban J connectivity index is 1.85. The largest absolute Gasteiger partial charge is 0.399 e. The van der Waals surface area contributed by atoms with Gasteiger partial charge in [0.1, 0.15) is 0 Å². The Morgan fingerprint density at radius 1 is 1.06 bits per heavy atom. The second kappa shape index (κ2) is 5.28. The van der Waals surface area contributed by atoms with E-state index in [9.17, 15) is 0 Å². The molecule has 0 saturated heterocycles. The molecule has 0 amide bonds. The quantitative estimate of drug-likeness (QED) is 0.850. The van der Waals surface area contributed by atoms with Crippen molar-refractivity contribution in [3.63, 3.8) is 0 Å². The lowest BCUT2D eigenvalue weighted by Crippen LogP contribution is -1.97. The van der Waals surface area contributed by atoms with Gasteiger partial charge in [-0.3, -0.25) is 4.98 Å². The number of benzene rings is 1. The third-order valence-electron chi connectivity index (χ3n) is 2.20. The van der Waals surface area contributed by atoms with Crippen molar-refractivity contribution in [3.8, 4) is 0 Å². The summed E-state index contributed by atoms with van der Waals surface area (Å²) in [5, 5.41) is 0. The molecular weight excluding hydrogens is 200 g/mol. The fourth-order valence-corrected chi connectivity index (χ4v) is 1.42. The molecule has 0 aliphatic carbocycles. The molecular formula is C13H14N2O. The molecule has 0 radical (unpaired) electrons. The number of hydrogen-bond acceptors (Lipinski definition) is 3. The van der Waals surface area contributed by atoms with Crippen LogP contribution in [0.5, 0.6) is 0 Å². The van der Waals surface area contributed by atoms with E-state index in [1.807, 2.05) is 36.4 Å². The molecule has 3 heteroatoms. The highest BCUT2D eigenvalue weighted by atomic mass is 16.5. The Morgan fingerprint density at radius 2 is 1.88 bits per heavy atom. The first kappa shape index (κ1) is 10.6. The summed E-state index contributed by atoms with van der Waals surface area (Å²) in [6, 6.07) is 13.6. The van der Waals surface area contributed by atoms with Crippen LogP contribution in [0.1, 0.15) is 11.3 Å². The number of pyridine rings is 1. The highest BCUT2D eigenvalue weighted by Gasteiger charge is 1.96. The molecule has 2 N–H and O–H groups in total. The normalized spacial score (nSPS) is 10.2. The van der Waals surface area contributed by atoms with Crippen LogP contribution in [0.25, 0.3) is 0 Å². The van der Waals surface area contributed by atoms with E-state index in [0.29, 0.717) is 18.9 Å². The predicted octanol–water partition coefficient (Wildman–Crippen LogP) is 2.38. The summed E-state index contributed by atoms with van der Waals surface area (Å²) in [5.74, 6) is 0. The lowest BCUT2D eigenvalue weighted by atomic mass is 10.2. The molecule has 3 nitrogen and oxygen atoms in total. The Bertz CT molecular complexity index is 443. The van der Waals surface area contributed by atoms with Crippen LogP contribution < -0.4 is 5.73 Å². The van der Waals surface area contributed by atoms with Crippen molar-refractivity contribution in [1.82, 2.24) is 4.98 Å². The maximum Gasteiger partial charge on any atom is 0.0893 e. The molecule has 0 bridgehead atoms. The molecule has 0 aliphatic heterocycles. The van der Waals surface area contributed by atoms with Crippen molar-refractivity contribution in [2.24, 2.45) is 0 Å². The first-order valence-corrected chi connectivity index (χ1v) is 5.16. The minimum Gasteiger partial charge on any atom is -0.399 e. The van der Waals surface area contributed by atoms with Crippen molar-refractivity contribution in [1.29, 1.82) is 0 Å². The second-order valence-electron chi connectivity index (χ2n) is 3.56. The number of ether oxygens (including phenoxy) is 1. The average Bonchev–Trinajstić information content (AvgIpc) is 2.30. The minimum absolute atomic E-state index is 0.486. The Kier molecular flexibility index (Phi) is 3.51. The smallest absolute Gasteiger partial charge is 0.0893 e. The van der Waals surface area contributed by atoms with Gasteiger partial charge in [0.05, 0.1) is 18.9 Å². The van der Waals surface area contributed by atoms with Crippen LogP contribution in [0.15, 0.2) is 48.7 Å². The standard InChI is InChI=1S/C13H14N2O/c14-12-6-7-15-13(8-12)10-16-9-11-4-2-1-3-5-11/h1-8H,9-10H2,(H2,14,15). The van der Waals surface area contributed by atoms with E-state index in [4.69, 9.17) is 10.5 Å². The average molecular weight is 214 g/mol. The summed E-state index contributed by atoms with van der Waals surface area (Å²) >= 11 is 0. The van der Waals surface area contributed by atoms with Crippen LogP contribution in [0.2, 0.25) is 0 Å². The van der Waals surface area contributed by atoms with Crippen LogP contribution in [0.3, 0.4) is 0 Å². The molecule has 2 rings (SSSR count). The predicted molar refractivity (Wildman–Crippen MR) is 63.6 cm³/mol. The van der Waals surface area contributed by atoms with Gasteiger partial charge in [0.2, 0.25) is 0 Å². The molecule has 0 saturated carbocycles. The maximum atomic E-state index is 5.65. The molecule has 0 fully saturated rings. The molecule has 2 aromatic rings. The van der Waals surface area contributed by atoms with Gasteiger partial charge in [0, 0.05) is 11.9 Å². The fraction of sp³-hybridized carbons (Fsp3) is 0.154. The van der Waals surface area contributed by atoms with Crippen LogP contribution in [0, 0.1) is 0 Å². The van der Waals surface area contributed by atoms with Gasteiger partial charge in [0.25, 0.3) is 0 Å². The first-order valence-electron chi connectivity index (χ1n) is 5.16. The van der Waals surface area contributed by atoms with Gasteiger partial charge in [-0.1, -0.05) is 30.3 Å². The Hall–Kier alpha value is -1.87. The van der Waals surface area contributed by atoms with Gasteiger partial charge in [-0.2, -0.15) is 0 Å². The summed E-state index contributed by atoms with van der Waals surface area (Å²) in [6.07, 6.45) is 1.69. The third-order valence-corrected chi connectivity index (χ3v) is 2.20. The molecule has 0 unspecified atom stereocenters. The number of nitrogen functional groups attached to an aromatic ring is 1. The first-order chi connectivity index (χ1) is 7.84. The lowest BCUT2D eigenvalue weighted by molar-refractivity contribution is 0.104. The summed E-state index contributed by atoms with van der Waals surface area (Å²) in [4.78, 5) is 4.17. The summed E-state index contributed by atoms with van der Waals surface area (Å²) < 4.78 is 5.54. The van der Waals surface area contributed by atoms with Crippen LogP contribution >= 0.6 is 0 Å². The van der Waals surface area contributed by atoms with E-state index in [1.165, 1.54) is 0 Å². The zero-order chi connectivity index (χ0) is 11.2. The number of rotatable bonds is 4. The summed E-state index contributed by atoms with van der Waals surface area (Å²) in [5.41, 5.74) is 8.38. The molecule has 0 spiro atoms. The highest BCUT2D eigenvalue weighted by molar-refractivity contribution is 5.36. The molecule has 0 aliphatic rings. The van der Waals surface area contributed by atoms with E-state index < -0.39 is 0 Å². The van der Waals surface area contributed by atoms with Crippen LogP contribution in [-0.4, -0.2) is 4.98 Å². The number of nitrogens with two attached hydrogens (primary N) is 1. The monoisotopic (exact) mass is 214 g/mol. The van der Waals surface area contributed by atoms with Crippen molar-refractivity contribution in [2.45, 2.75) is 13.2 Å². The minimum atomic E-state index is 0.486. The van der Waals surface area contributed by atoms with Gasteiger partial charge in [-0.05, 0) is 17.7 Å². The lowest BCUT2D eigenvalue weighted by Gasteiger charge is -2.04. The molecule has 1 aromatic heterocycles. The zero-order valence-electron chi connectivity index (χ0n) is 8.97. The Labute approximate surface area is 94.9 Å². The molecule has 82 valence electrons. The summed E-state index contributed by atoms with van der Waals surface area (Å²) in [6.45, 7) is 1.08. The van der Waals surface area contributed by atoms with E-state index in [-0.39, 0.29) is 0 Å². The van der Waals surface area contributed by atoms with Gasteiger partial charge in [-0.15, -0.1) is 0 Å². The molecule has 1 aromatic carbocycles. The SMILES string of the molecule is Nc1ccnc(COCc2ccccc2)c1. The van der Waals surface area contributed by atoms with E-state index >= 15 is 0 Å². The highest BCUT2D eigenvalue weighted by Crippen LogP contribution is 2.06. The summed E-state index contributed by atoms with van der Waals surface area (Å²) in [7, 11) is 0. The molecule has 0 atom stereocenters. The number of anilines is 1. The van der Waals surface area contributed by atoms with Crippen molar-refractivity contribution >= 4 is 5.69 Å². The van der Waals surface area contributed by atoms with Gasteiger partial charge in [-0.25, -0.2) is 0 Å². The topological polar surface area (TPSA) is 48.1 Å². The number of hydrogen-bond donors (Lipinski definition) is 1. The van der Waals surface area contributed by atoms with Crippen LogP contribution in [-0.2, 0) is 18.0 Å². The van der Waals surface area contributed by atoms with Gasteiger partial charge in [0.15, 0.2) is 0 Å². The second-order valence-corrected chi connectivity index (χ2v) is 3.56. The van der Waals surface area contributed by atoms with Crippen molar-refractivity contribution < 1.29 is 4.74 Å². The number of aromatic nitrogens is 1. The fourth-order valence-electron chi connectivity index (χ4n) is 1.42. The number of nitrogens with zero attached hydrogens (tertiary/aromatic N) is 1. The van der Waals surface area contributed by atoms with Gasteiger partial charge >= 0.3 is 0 Å². The van der Waals surface area contributed by atoms with E-state index in [2.05, 4.69) is 4.98 Å². The van der Waals surface area contributed by atoms with E-state index in [1.54, 1.807) is 12.3 Å². The molecule has 1 heterocycles. The third kappa shape index (κ3) is 3.07. The van der Waals surface area contributed by atoms with Gasteiger partial charge < -0.3 is 10.5 Å². The van der Waals surface area contributed by atoms with Crippen LogP contribution in [0.4, 0.5) is 5.69 Å². The van der Waals surface area contributed by atoms with Crippen molar-refractivity contribution in [3.05, 3.63) is 59.9 Å². The zero-order valence-corrected chi connectivity index (χ0v) is 8.97. The molecule has 16 heavy (non-hydrogen) atoms.